The Hall–Kier alpha value is -1.96. The van der Waals surface area contributed by atoms with Crippen molar-refractivity contribution in [3.63, 3.8) is 0 Å². The lowest BCUT2D eigenvalue weighted by Crippen LogP contribution is -2.03. The molecule has 0 saturated carbocycles. The van der Waals surface area contributed by atoms with Crippen molar-refractivity contribution in [1.29, 1.82) is 0 Å². The van der Waals surface area contributed by atoms with Gasteiger partial charge in [0.1, 0.15) is 5.75 Å². The maximum absolute atomic E-state index is 5.69. The highest BCUT2D eigenvalue weighted by Gasteiger charge is 2.04. The Labute approximate surface area is 128 Å². The Bertz CT molecular complexity index is 573. The van der Waals surface area contributed by atoms with Crippen LogP contribution >= 0.6 is 0 Å². The smallest absolute Gasteiger partial charge is 0.142 e. The van der Waals surface area contributed by atoms with Crippen LogP contribution < -0.4 is 10.1 Å². The zero-order valence-corrected chi connectivity index (χ0v) is 13.4. The first kappa shape index (κ1) is 15.4. The lowest BCUT2D eigenvalue weighted by Gasteiger charge is -2.14. The predicted octanol–water partition coefficient (Wildman–Crippen LogP) is 5.13. The summed E-state index contributed by atoms with van der Waals surface area (Å²) in [7, 11) is 0. The van der Waals surface area contributed by atoms with E-state index in [9.17, 15) is 0 Å². The maximum Gasteiger partial charge on any atom is 0.142 e. The van der Waals surface area contributed by atoms with Crippen LogP contribution in [0.2, 0.25) is 0 Å². The molecule has 0 fully saturated rings. The van der Waals surface area contributed by atoms with Gasteiger partial charge in [0.15, 0.2) is 0 Å². The average molecular weight is 283 g/mol. The molecule has 0 heterocycles. The SMILES string of the molecule is CCOc1cc(C)ccc1NCc1ccc(C(C)C)cc1. The van der Waals surface area contributed by atoms with Crippen molar-refractivity contribution in [1.82, 2.24) is 0 Å². The minimum Gasteiger partial charge on any atom is -0.492 e. The first-order valence-electron chi connectivity index (χ1n) is 7.66. The molecule has 1 N–H and O–H groups in total. The maximum atomic E-state index is 5.69. The normalized spacial score (nSPS) is 10.7. The van der Waals surface area contributed by atoms with Gasteiger partial charge < -0.3 is 10.1 Å². The average Bonchev–Trinajstić information content (AvgIpc) is 2.47. The molecular weight excluding hydrogens is 258 g/mol. The molecule has 0 amide bonds. The lowest BCUT2D eigenvalue weighted by molar-refractivity contribution is 0.341. The van der Waals surface area contributed by atoms with E-state index in [0.717, 1.165) is 18.0 Å². The van der Waals surface area contributed by atoms with Crippen LogP contribution in [0.5, 0.6) is 5.75 Å². The molecule has 0 aromatic heterocycles. The summed E-state index contributed by atoms with van der Waals surface area (Å²) in [5, 5.41) is 3.47. The fourth-order valence-electron chi connectivity index (χ4n) is 2.27. The lowest BCUT2D eigenvalue weighted by atomic mass is 10.0. The molecule has 0 spiro atoms. The zero-order valence-electron chi connectivity index (χ0n) is 13.4. The predicted molar refractivity (Wildman–Crippen MR) is 90.2 cm³/mol. The Morgan fingerprint density at radius 3 is 2.38 bits per heavy atom. The van der Waals surface area contributed by atoms with Crippen molar-refractivity contribution in [3.05, 3.63) is 59.2 Å². The first-order chi connectivity index (χ1) is 10.1. The molecule has 0 aliphatic carbocycles. The minimum absolute atomic E-state index is 0.577. The third-order valence-corrected chi connectivity index (χ3v) is 3.57. The van der Waals surface area contributed by atoms with Gasteiger partial charge in [0.25, 0.3) is 0 Å². The van der Waals surface area contributed by atoms with E-state index in [4.69, 9.17) is 4.74 Å². The molecule has 112 valence electrons. The van der Waals surface area contributed by atoms with Crippen LogP contribution in [0.4, 0.5) is 5.69 Å². The van der Waals surface area contributed by atoms with Crippen LogP contribution in [-0.2, 0) is 6.54 Å². The van der Waals surface area contributed by atoms with Crippen LogP contribution in [-0.4, -0.2) is 6.61 Å². The Kier molecular flexibility index (Phi) is 5.26. The van der Waals surface area contributed by atoms with Gasteiger partial charge in [-0.25, -0.2) is 0 Å². The number of rotatable bonds is 6. The number of benzene rings is 2. The van der Waals surface area contributed by atoms with Crippen molar-refractivity contribution in [2.45, 2.75) is 40.2 Å². The van der Waals surface area contributed by atoms with E-state index in [0.29, 0.717) is 12.5 Å². The van der Waals surface area contributed by atoms with Crippen LogP contribution in [0, 0.1) is 6.92 Å². The Morgan fingerprint density at radius 1 is 1.05 bits per heavy atom. The minimum atomic E-state index is 0.577. The molecular formula is C19H25NO. The molecule has 0 bridgehead atoms. The van der Waals surface area contributed by atoms with Crippen LogP contribution in [0.15, 0.2) is 42.5 Å². The standard InChI is InChI=1S/C19H25NO/c1-5-21-19-12-15(4)6-11-18(19)20-13-16-7-9-17(10-8-16)14(2)3/h6-12,14,20H,5,13H2,1-4H3. The molecule has 0 aliphatic rings. The second-order valence-electron chi connectivity index (χ2n) is 5.68. The zero-order chi connectivity index (χ0) is 15.2. The summed E-state index contributed by atoms with van der Waals surface area (Å²) in [5.41, 5.74) is 4.92. The van der Waals surface area contributed by atoms with Gasteiger partial charge in [-0.05, 0) is 48.6 Å². The summed E-state index contributed by atoms with van der Waals surface area (Å²) >= 11 is 0. The molecule has 2 heteroatoms. The van der Waals surface area contributed by atoms with Gasteiger partial charge in [-0.3, -0.25) is 0 Å². The van der Waals surface area contributed by atoms with E-state index in [2.05, 4.69) is 68.6 Å². The summed E-state index contributed by atoms with van der Waals surface area (Å²) in [5.74, 6) is 1.50. The highest BCUT2D eigenvalue weighted by atomic mass is 16.5. The fraction of sp³-hybridized carbons (Fsp3) is 0.368. The number of aryl methyl sites for hydroxylation is 1. The fourth-order valence-corrected chi connectivity index (χ4v) is 2.27. The van der Waals surface area contributed by atoms with Crippen molar-refractivity contribution < 1.29 is 4.74 Å². The molecule has 0 saturated heterocycles. The van der Waals surface area contributed by atoms with Crippen LogP contribution in [0.3, 0.4) is 0 Å². The van der Waals surface area contributed by atoms with Gasteiger partial charge in [0.05, 0.1) is 12.3 Å². The third kappa shape index (κ3) is 4.25. The van der Waals surface area contributed by atoms with Gasteiger partial charge in [-0.15, -0.1) is 0 Å². The molecule has 2 aromatic carbocycles. The van der Waals surface area contributed by atoms with E-state index in [1.54, 1.807) is 0 Å². The van der Waals surface area contributed by atoms with E-state index in [1.165, 1.54) is 16.7 Å². The topological polar surface area (TPSA) is 21.3 Å². The summed E-state index contributed by atoms with van der Waals surface area (Å²) in [6.07, 6.45) is 0. The summed E-state index contributed by atoms with van der Waals surface area (Å²) in [6.45, 7) is 10.0. The summed E-state index contributed by atoms with van der Waals surface area (Å²) in [6, 6.07) is 15.1. The Balaban J connectivity index is 2.05. The van der Waals surface area contributed by atoms with Crippen LogP contribution in [0.1, 0.15) is 43.4 Å². The molecule has 21 heavy (non-hydrogen) atoms. The molecule has 0 unspecified atom stereocenters. The molecule has 2 aromatic rings. The van der Waals surface area contributed by atoms with E-state index >= 15 is 0 Å². The number of hydrogen-bond donors (Lipinski definition) is 1. The van der Waals surface area contributed by atoms with Crippen molar-refractivity contribution in [2.75, 3.05) is 11.9 Å². The Morgan fingerprint density at radius 2 is 1.76 bits per heavy atom. The van der Waals surface area contributed by atoms with E-state index in [-0.39, 0.29) is 0 Å². The van der Waals surface area contributed by atoms with Crippen molar-refractivity contribution in [2.24, 2.45) is 0 Å². The second kappa shape index (κ2) is 7.16. The number of ether oxygens (including phenoxy) is 1. The number of hydrogen-bond acceptors (Lipinski definition) is 2. The van der Waals surface area contributed by atoms with Gasteiger partial charge in [0.2, 0.25) is 0 Å². The van der Waals surface area contributed by atoms with Crippen LogP contribution in [0.25, 0.3) is 0 Å². The monoisotopic (exact) mass is 283 g/mol. The summed E-state index contributed by atoms with van der Waals surface area (Å²) < 4.78 is 5.69. The summed E-state index contributed by atoms with van der Waals surface area (Å²) in [4.78, 5) is 0. The van der Waals surface area contributed by atoms with Gasteiger partial charge in [-0.2, -0.15) is 0 Å². The third-order valence-electron chi connectivity index (χ3n) is 3.57. The molecule has 0 aliphatic heterocycles. The quantitative estimate of drug-likeness (QED) is 0.793. The molecule has 2 nitrogen and oxygen atoms in total. The highest BCUT2D eigenvalue weighted by molar-refractivity contribution is 5.57. The second-order valence-corrected chi connectivity index (χ2v) is 5.68. The van der Waals surface area contributed by atoms with E-state index in [1.807, 2.05) is 6.92 Å². The number of anilines is 1. The number of nitrogens with one attached hydrogen (secondary N) is 1. The van der Waals surface area contributed by atoms with Crippen molar-refractivity contribution in [3.8, 4) is 5.75 Å². The largest absolute Gasteiger partial charge is 0.492 e. The van der Waals surface area contributed by atoms with Crippen molar-refractivity contribution >= 4 is 5.69 Å². The van der Waals surface area contributed by atoms with Gasteiger partial charge >= 0.3 is 0 Å². The van der Waals surface area contributed by atoms with Gasteiger partial charge in [-0.1, -0.05) is 44.2 Å². The molecule has 0 radical (unpaired) electrons. The first-order valence-corrected chi connectivity index (χ1v) is 7.66. The highest BCUT2D eigenvalue weighted by Crippen LogP contribution is 2.26. The molecule has 2 rings (SSSR count). The van der Waals surface area contributed by atoms with Gasteiger partial charge in [0, 0.05) is 6.54 Å². The van der Waals surface area contributed by atoms with E-state index < -0.39 is 0 Å². The molecule has 0 atom stereocenters.